The Balaban J connectivity index is 3.07. The van der Waals surface area contributed by atoms with Gasteiger partial charge in [0.15, 0.2) is 0 Å². The van der Waals surface area contributed by atoms with Crippen molar-refractivity contribution in [3.05, 3.63) is 35.4 Å². The molecule has 0 bridgehead atoms. The quantitative estimate of drug-likeness (QED) is 0.829. The third-order valence-electron chi connectivity index (χ3n) is 3.22. The zero-order valence-electron chi connectivity index (χ0n) is 12.2. The topological polar surface area (TPSA) is 26.0 Å². The number of hydrogen-bond donors (Lipinski definition) is 1. The van der Waals surface area contributed by atoms with Gasteiger partial charge in [-0.15, -0.1) is 0 Å². The maximum Gasteiger partial charge on any atom is 0.0103 e. The second-order valence-electron chi connectivity index (χ2n) is 7.03. The van der Waals surface area contributed by atoms with Crippen LogP contribution in [0, 0.1) is 12.3 Å². The van der Waals surface area contributed by atoms with Crippen LogP contribution in [0.4, 0.5) is 0 Å². The average molecular weight is 233 g/mol. The Kier molecular flexibility index (Phi) is 4.03. The van der Waals surface area contributed by atoms with E-state index in [9.17, 15) is 0 Å². The molecule has 1 nitrogen and oxygen atoms in total. The van der Waals surface area contributed by atoms with Gasteiger partial charge in [-0.25, -0.2) is 0 Å². The van der Waals surface area contributed by atoms with Crippen molar-refractivity contribution in [3.8, 4) is 0 Å². The normalized spacial score (nSPS) is 14.8. The van der Waals surface area contributed by atoms with Gasteiger partial charge in [0.25, 0.3) is 0 Å². The highest BCUT2D eigenvalue weighted by Gasteiger charge is 2.30. The molecule has 1 aromatic carbocycles. The molecule has 0 aliphatic heterocycles. The molecular weight excluding hydrogens is 206 g/mol. The van der Waals surface area contributed by atoms with E-state index in [-0.39, 0.29) is 11.0 Å². The van der Waals surface area contributed by atoms with Crippen LogP contribution in [-0.4, -0.2) is 5.54 Å². The fraction of sp³-hybridized carbons (Fsp3) is 0.625. The lowest BCUT2D eigenvalue weighted by molar-refractivity contribution is 0.262. The van der Waals surface area contributed by atoms with E-state index in [1.165, 1.54) is 11.1 Å². The van der Waals surface area contributed by atoms with E-state index in [2.05, 4.69) is 65.8 Å². The Morgan fingerprint density at radius 3 is 2.12 bits per heavy atom. The summed E-state index contributed by atoms with van der Waals surface area (Å²) in [6.45, 7) is 13.3. The zero-order valence-corrected chi connectivity index (χ0v) is 12.2. The molecule has 1 atom stereocenters. The Bertz CT molecular complexity index is 366. The molecule has 0 saturated carbocycles. The maximum absolute atomic E-state index is 6.21. The number of aryl methyl sites for hydroxylation is 1. The van der Waals surface area contributed by atoms with Crippen LogP contribution in [0.5, 0.6) is 0 Å². The van der Waals surface area contributed by atoms with Crippen molar-refractivity contribution in [1.29, 1.82) is 0 Å². The van der Waals surface area contributed by atoms with Gasteiger partial charge in [0.1, 0.15) is 0 Å². The summed E-state index contributed by atoms with van der Waals surface area (Å²) < 4.78 is 0. The van der Waals surface area contributed by atoms with Crippen LogP contribution in [0.2, 0.25) is 0 Å². The second-order valence-corrected chi connectivity index (χ2v) is 7.03. The van der Waals surface area contributed by atoms with E-state index in [0.717, 1.165) is 6.42 Å². The first-order valence-corrected chi connectivity index (χ1v) is 6.45. The van der Waals surface area contributed by atoms with Crippen LogP contribution in [0.15, 0.2) is 24.3 Å². The van der Waals surface area contributed by atoms with Gasteiger partial charge in [-0.05, 0) is 44.1 Å². The molecule has 0 radical (unpaired) electrons. The molecule has 0 amide bonds. The first kappa shape index (κ1) is 14.2. The zero-order chi connectivity index (χ0) is 13.3. The lowest BCUT2D eigenvalue weighted by Crippen LogP contribution is -2.37. The summed E-state index contributed by atoms with van der Waals surface area (Å²) in [6, 6.07) is 8.82. The predicted molar refractivity (Wildman–Crippen MR) is 76.3 cm³/mol. The van der Waals surface area contributed by atoms with Crippen molar-refractivity contribution in [2.24, 2.45) is 11.1 Å². The summed E-state index contributed by atoms with van der Waals surface area (Å²) in [4.78, 5) is 0. The van der Waals surface area contributed by atoms with Crippen molar-refractivity contribution in [2.45, 2.75) is 59.4 Å². The van der Waals surface area contributed by atoms with Gasteiger partial charge in [0.05, 0.1) is 0 Å². The van der Waals surface area contributed by atoms with E-state index >= 15 is 0 Å². The van der Waals surface area contributed by atoms with E-state index < -0.39 is 0 Å². The SMILES string of the molecule is Cc1cccc(C(CC(C)(C)N)C(C)(C)C)c1. The van der Waals surface area contributed by atoms with Crippen LogP contribution in [0.1, 0.15) is 58.1 Å². The highest BCUT2D eigenvalue weighted by molar-refractivity contribution is 5.27. The molecule has 0 aliphatic carbocycles. The van der Waals surface area contributed by atoms with Gasteiger partial charge >= 0.3 is 0 Å². The van der Waals surface area contributed by atoms with Crippen molar-refractivity contribution >= 4 is 0 Å². The van der Waals surface area contributed by atoms with Crippen LogP contribution < -0.4 is 5.73 Å². The summed E-state index contributed by atoms with van der Waals surface area (Å²) in [5, 5.41) is 0. The second kappa shape index (κ2) is 4.81. The molecule has 0 fully saturated rings. The van der Waals surface area contributed by atoms with Gasteiger partial charge < -0.3 is 5.73 Å². The van der Waals surface area contributed by atoms with Gasteiger partial charge in [0.2, 0.25) is 0 Å². The minimum Gasteiger partial charge on any atom is -0.326 e. The van der Waals surface area contributed by atoms with Gasteiger partial charge in [0, 0.05) is 5.54 Å². The molecule has 1 unspecified atom stereocenters. The highest BCUT2D eigenvalue weighted by Crippen LogP contribution is 2.40. The van der Waals surface area contributed by atoms with Gasteiger partial charge in [-0.1, -0.05) is 50.6 Å². The van der Waals surface area contributed by atoms with E-state index in [1.54, 1.807) is 0 Å². The van der Waals surface area contributed by atoms with Crippen LogP contribution in [0.25, 0.3) is 0 Å². The molecule has 1 rings (SSSR count). The van der Waals surface area contributed by atoms with E-state index in [0.29, 0.717) is 5.92 Å². The predicted octanol–water partition coefficient (Wildman–Crippen LogP) is 4.25. The first-order valence-electron chi connectivity index (χ1n) is 6.45. The average Bonchev–Trinajstić information content (AvgIpc) is 2.11. The molecule has 0 aliphatic rings. The monoisotopic (exact) mass is 233 g/mol. The molecule has 1 heteroatoms. The minimum absolute atomic E-state index is 0.123. The molecule has 0 heterocycles. The van der Waals surface area contributed by atoms with Crippen molar-refractivity contribution in [3.63, 3.8) is 0 Å². The molecular formula is C16H27N. The standard InChI is InChI=1S/C16H27N/c1-12-8-7-9-13(10-12)14(15(2,3)4)11-16(5,6)17/h7-10,14H,11,17H2,1-6H3. The molecule has 2 N–H and O–H groups in total. The number of nitrogens with two attached hydrogens (primary N) is 1. The van der Waals surface area contributed by atoms with E-state index in [4.69, 9.17) is 5.73 Å². The summed E-state index contributed by atoms with van der Waals surface area (Å²) in [5.74, 6) is 0.502. The number of rotatable bonds is 3. The Hall–Kier alpha value is -0.820. The number of hydrogen-bond acceptors (Lipinski definition) is 1. The Labute approximate surface area is 106 Å². The fourth-order valence-corrected chi connectivity index (χ4v) is 2.34. The summed E-state index contributed by atoms with van der Waals surface area (Å²) in [7, 11) is 0. The van der Waals surface area contributed by atoms with E-state index in [1.807, 2.05) is 0 Å². The Morgan fingerprint density at radius 2 is 1.71 bits per heavy atom. The molecule has 17 heavy (non-hydrogen) atoms. The lowest BCUT2D eigenvalue weighted by atomic mass is 9.71. The van der Waals surface area contributed by atoms with Crippen LogP contribution in [0.3, 0.4) is 0 Å². The van der Waals surface area contributed by atoms with Crippen LogP contribution >= 0.6 is 0 Å². The number of benzene rings is 1. The third-order valence-corrected chi connectivity index (χ3v) is 3.22. The van der Waals surface area contributed by atoms with Crippen LogP contribution in [-0.2, 0) is 0 Å². The molecule has 96 valence electrons. The fourth-order valence-electron chi connectivity index (χ4n) is 2.34. The maximum atomic E-state index is 6.21. The van der Waals surface area contributed by atoms with Gasteiger partial charge in [-0.2, -0.15) is 0 Å². The Morgan fingerprint density at radius 1 is 1.12 bits per heavy atom. The lowest BCUT2D eigenvalue weighted by Gasteiger charge is -2.36. The van der Waals surface area contributed by atoms with Crippen molar-refractivity contribution in [1.82, 2.24) is 0 Å². The molecule has 0 saturated heterocycles. The molecule has 1 aromatic rings. The summed E-state index contributed by atoms with van der Waals surface area (Å²) in [6.07, 6.45) is 1.01. The third kappa shape index (κ3) is 4.51. The first-order chi connectivity index (χ1) is 7.59. The smallest absolute Gasteiger partial charge is 0.0103 e. The highest BCUT2D eigenvalue weighted by atomic mass is 14.7. The van der Waals surface area contributed by atoms with Crippen molar-refractivity contribution < 1.29 is 0 Å². The largest absolute Gasteiger partial charge is 0.326 e. The van der Waals surface area contributed by atoms with Gasteiger partial charge in [-0.3, -0.25) is 0 Å². The molecule has 0 spiro atoms. The van der Waals surface area contributed by atoms with Crippen molar-refractivity contribution in [2.75, 3.05) is 0 Å². The summed E-state index contributed by atoms with van der Waals surface area (Å²) in [5.41, 5.74) is 9.06. The summed E-state index contributed by atoms with van der Waals surface area (Å²) >= 11 is 0. The minimum atomic E-state index is -0.123. The molecule has 0 aromatic heterocycles.